The number of guanidine groups is 1. The second-order valence-corrected chi connectivity index (χ2v) is 5.59. The monoisotopic (exact) mass is 323 g/mol. The molecule has 22 heavy (non-hydrogen) atoms. The summed E-state index contributed by atoms with van der Waals surface area (Å²) in [6, 6.07) is 8.16. The Balaban J connectivity index is 1.86. The Hall–Kier alpha value is -1.95. The van der Waals surface area contributed by atoms with E-state index >= 15 is 0 Å². The summed E-state index contributed by atoms with van der Waals surface area (Å²) in [5.41, 5.74) is 1.13. The molecule has 6 nitrogen and oxygen atoms in total. The first-order valence-corrected chi connectivity index (χ1v) is 7.68. The summed E-state index contributed by atoms with van der Waals surface area (Å²) < 4.78 is 0. The van der Waals surface area contributed by atoms with Crippen molar-refractivity contribution in [1.29, 1.82) is 0 Å². The van der Waals surface area contributed by atoms with Crippen LogP contribution in [0.15, 0.2) is 29.3 Å². The number of hydrogen-bond donors (Lipinski definition) is 3. The third kappa shape index (κ3) is 4.53. The van der Waals surface area contributed by atoms with E-state index in [2.05, 4.69) is 31.9 Å². The number of anilines is 1. The summed E-state index contributed by atoms with van der Waals surface area (Å²) in [6.07, 6.45) is 1.01. The van der Waals surface area contributed by atoms with Crippen LogP contribution in [0.5, 0.6) is 0 Å². The minimum Gasteiger partial charge on any atom is -0.369 e. The molecular weight excluding hydrogens is 302 g/mol. The SMILES string of the molecule is CN=C(NCC(=O)NC)NC1CCN(c2cccc(Cl)c2)C1. The number of rotatable bonds is 4. The van der Waals surface area contributed by atoms with E-state index in [4.69, 9.17) is 11.6 Å². The van der Waals surface area contributed by atoms with Crippen LogP contribution in [0.3, 0.4) is 0 Å². The van der Waals surface area contributed by atoms with Crippen LogP contribution in [0.25, 0.3) is 0 Å². The second-order valence-electron chi connectivity index (χ2n) is 5.15. The van der Waals surface area contributed by atoms with E-state index in [-0.39, 0.29) is 18.5 Å². The zero-order chi connectivity index (χ0) is 15.9. The van der Waals surface area contributed by atoms with Gasteiger partial charge in [-0.15, -0.1) is 0 Å². The molecule has 1 aliphatic heterocycles. The highest BCUT2D eigenvalue weighted by molar-refractivity contribution is 6.30. The summed E-state index contributed by atoms with van der Waals surface area (Å²) in [7, 11) is 3.31. The van der Waals surface area contributed by atoms with Gasteiger partial charge in [-0.25, -0.2) is 0 Å². The molecule has 7 heteroatoms. The van der Waals surface area contributed by atoms with Gasteiger partial charge >= 0.3 is 0 Å². The van der Waals surface area contributed by atoms with Crippen LogP contribution >= 0.6 is 11.6 Å². The van der Waals surface area contributed by atoms with Gasteiger partial charge in [-0.2, -0.15) is 0 Å². The van der Waals surface area contributed by atoms with Gasteiger partial charge in [-0.3, -0.25) is 9.79 Å². The number of carbonyl (C=O) groups excluding carboxylic acids is 1. The summed E-state index contributed by atoms with van der Waals surface area (Å²) in [5, 5.41) is 9.66. The lowest BCUT2D eigenvalue weighted by molar-refractivity contribution is -0.119. The molecule has 1 amide bonds. The molecule has 0 aromatic heterocycles. The third-order valence-electron chi connectivity index (χ3n) is 3.62. The molecular formula is C15H22ClN5O. The minimum absolute atomic E-state index is 0.0741. The molecule has 0 bridgehead atoms. The van der Waals surface area contributed by atoms with E-state index < -0.39 is 0 Å². The Morgan fingerprint density at radius 3 is 3.00 bits per heavy atom. The van der Waals surface area contributed by atoms with Crippen molar-refractivity contribution in [2.75, 3.05) is 38.6 Å². The summed E-state index contributed by atoms with van der Waals surface area (Å²) in [6.45, 7) is 2.05. The summed E-state index contributed by atoms with van der Waals surface area (Å²) in [4.78, 5) is 17.7. The van der Waals surface area contributed by atoms with Crippen molar-refractivity contribution in [3.63, 3.8) is 0 Å². The molecule has 0 radical (unpaired) electrons. The first-order chi connectivity index (χ1) is 10.6. The van der Waals surface area contributed by atoms with Gasteiger partial charge in [0.25, 0.3) is 0 Å². The predicted molar refractivity (Wildman–Crippen MR) is 90.6 cm³/mol. The zero-order valence-electron chi connectivity index (χ0n) is 12.9. The molecule has 1 atom stereocenters. The molecule has 0 aliphatic carbocycles. The number of carbonyl (C=O) groups is 1. The largest absolute Gasteiger partial charge is 0.369 e. The van der Waals surface area contributed by atoms with Gasteiger partial charge in [0.05, 0.1) is 6.54 Å². The van der Waals surface area contributed by atoms with Gasteiger partial charge in [0.1, 0.15) is 0 Å². The van der Waals surface area contributed by atoms with Crippen LogP contribution < -0.4 is 20.9 Å². The van der Waals surface area contributed by atoms with Gasteiger partial charge in [-0.05, 0) is 24.6 Å². The van der Waals surface area contributed by atoms with E-state index in [1.807, 2.05) is 18.2 Å². The van der Waals surface area contributed by atoms with Crippen molar-refractivity contribution < 1.29 is 4.79 Å². The maximum absolute atomic E-state index is 11.3. The average molecular weight is 324 g/mol. The highest BCUT2D eigenvalue weighted by atomic mass is 35.5. The van der Waals surface area contributed by atoms with Gasteiger partial charge < -0.3 is 20.9 Å². The number of nitrogens with one attached hydrogen (secondary N) is 3. The van der Waals surface area contributed by atoms with Crippen molar-refractivity contribution in [3.05, 3.63) is 29.3 Å². The maximum Gasteiger partial charge on any atom is 0.239 e. The number of likely N-dealkylation sites (N-methyl/N-ethyl adjacent to an activating group) is 1. The Morgan fingerprint density at radius 2 is 2.32 bits per heavy atom. The fraction of sp³-hybridized carbons (Fsp3) is 0.467. The Kier molecular flexibility index (Phi) is 5.89. The molecule has 1 aliphatic rings. The molecule has 0 saturated carbocycles. The number of nitrogens with zero attached hydrogens (tertiary/aromatic N) is 2. The summed E-state index contributed by atoms with van der Waals surface area (Å²) >= 11 is 6.04. The van der Waals surface area contributed by atoms with E-state index in [1.54, 1.807) is 14.1 Å². The molecule has 1 aromatic carbocycles. The molecule has 120 valence electrons. The second kappa shape index (κ2) is 7.89. The van der Waals surface area contributed by atoms with Crippen LogP contribution in [-0.2, 0) is 4.79 Å². The first kappa shape index (κ1) is 16.4. The van der Waals surface area contributed by atoms with Crippen molar-refractivity contribution in [1.82, 2.24) is 16.0 Å². The lowest BCUT2D eigenvalue weighted by Gasteiger charge is -2.20. The number of amides is 1. The van der Waals surface area contributed by atoms with E-state index in [0.717, 1.165) is 30.2 Å². The van der Waals surface area contributed by atoms with Crippen molar-refractivity contribution in [2.45, 2.75) is 12.5 Å². The smallest absolute Gasteiger partial charge is 0.239 e. The molecule has 1 fully saturated rings. The van der Waals surface area contributed by atoms with Crippen LogP contribution in [0.4, 0.5) is 5.69 Å². The Labute approximate surface area is 135 Å². The fourth-order valence-electron chi connectivity index (χ4n) is 2.43. The highest BCUT2D eigenvalue weighted by Gasteiger charge is 2.23. The van der Waals surface area contributed by atoms with Crippen LogP contribution in [0.2, 0.25) is 5.02 Å². The van der Waals surface area contributed by atoms with Gasteiger partial charge in [0, 0.05) is 43.9 Å². The molecule has 0 spiro atoms. The van der Waals surface area contributed by atoms with Gasteiger partial charge in [0.15, 0.2) is 5.96 Å². The molecule has 1 heterocycles. The highest BCUT2D eigenvalue weighted by Crippen LogP contribution is 2.23. The van der Waals surface area contributed by atoms with Crippen molar-refractivity contribution in [2.24, 2.45) is 4.99 Å². The van der Waals surface area contributed by atoms with E-state index in [9.17, 15) is 4.79 Å². The number of aliphatic imine (C=N–C) groups is 1. The molecule has 2 rings (SSSR count). The third-order valence-corrected chi connectivity index (χ3v) is 3.86. The molecule has 1 unspecified atom stereocenters. The topological polar surface area (TPSA) is 68.8 Å². The lowest BCUT2D eigenvalue weighted by Crippen LogP contribution is -2.47. The predicted octanol–water partition coefficient (Wildman–Crippen LogP) is 0.830. The quantitative estimate of drug-likeness (QED) is 0.567. The minimum atomic E-state index is -0.0741. The Bertz CT molecular complexity index is 548. The van der Waals surface area contributed by atoms with Gasteiger partial charge in [0.2, 0.25) is 5.91 Å². The van der Waals surface area contributed by atoms with Crippen molar-refractivity contribution >= 4 is 29.2 Å². The normalized spacial score (nSPS) is 18.2. The summed E-state index contributed by atoms with van der Waals surface area (Å²) in [5.74, 6) is 0.566. The van der Waals surface area contributed by atoms with Crippen molar-refractivity contribution in [3.8, 4) is 0 Å². The Morgan fingerprint density at radius 1 is 1.50 bits per heavy atom. The fourth-order valence-corrected chi connectivity index (χ4v) is 2.61. The van der Waals surface area contributed by atoms with E-state index in [1.165, 1.54) is 0 Å². The molecule has 1 saturated heterocycles. The zero-order valence-corrected chi connectivity index (χ0v) is 13.7. The molecule has 1 aromatic rings. The molecule has 3 N–H and O–H groups in total. The maximum atomic E-state index is 11.3. The number of benzene rings is 1. The van der Waals surface area contributed by atoms with E-state index in [0.29, 0.717) is 5.96 Å². The van der Waals surface area contributed by atoms with Crippen LogP contribution in [-0.4, -0.2) is 51.6 Å². The first-order valence-electron chi connectivity index (χ1n) is 7.30. The standard InChI is InChI=1S/C15H22ClN5O/c1-17-14(22)9-19-15(18-2)20-12-6-7-21(10-12)13-5-3-4-11(16)8-13/h3-5,8,12H,6-7,9-10H2,1-2H3,(H,17,22)(H2,18,19,20). The number of hydrogen-bond acceptors (Lipinski definition) is 3. The van der Waals surface area contributed by atoms with Crippen LogP contribution in [0.1, 0.15) is 6.42 Å². The van der Waals surface area contributed by atoms with Crippen LogP contribution in [0, 0.1) is 0 Å². The lowest BCUT2D eigenvalue weighted by atomic mass is 10.3. The average Bonchev–Trinajstić information content (AvgIpc) is 2.99. The van der Waals surface area contributed by atoms with Gasteiger partial charge in [-0.1, -0.05) is 17.7 Å². The number of halogens is 1.